The molecule has 0 amide bonds. The molecule has 2 nitrogen and oxygen atoms in total. The number of hydrogen-bond donors (Lipinski definition) is 1. The summed E-state index contributed by atoms with van der Waals surface area (Å²) in [6, 6.07) is 27.3. The van der Waals surface area contributed by atoms with Crippen LogP contribution in [0.2, 0.25) is 0 Å². The van der Waals surface area contributed by atoms with Gasteiger partial charge in [-0.3, -0.25) is 0 Å². The first-order valence-electron chi connectivity index (χ1n) is 7.52. The minimum Gasteiger partial charge on any atom is -0.380 e. The Balaban J connectivity index is 1.85. The molecule has 2 N–H and O–H groups in total. The van der Waals surface area contributed by atoms with E-state index in [1.165, 1.54) is 22.0 Å². The first-order valence-corrected chi connectivity index (χ1v) is 7.52. The summed E-state index contributed by atoms with van der Waals surface area (Å²) in [6.45, 7) is 0.818. The van der Waals surface area contributed by atoms with E-state index >= 15 is 0 Å². The molecule has 0 unspecified atom stereocenters. The van der Waals surface area contributed by atoms with Crippen molar-refractivity contribution >= 4 is 27.5 Å². The molecule has 0 aliphatic rings. The van der Waals surface area contributed by atoms with Crippen molar-refractivity contribution in [3.8, 4) is 0 Å². The average Bonchev–Trinajstić information content (AvgIpc) is 2.59. The first-order chi connectivity index (χ1) is 10.9. The number of benzene rings is 3. The van der Waals surface area contributed by atoms with Crippen molar-refractivity contribution in [2.75, 3.05) is 5.32 Å². The van der Waals surface area contributed by atoms with Gasteiger partial charge in [-0.05, 0) is 17.7 Å². The van der Waals surface area contributed by atoms with Gasteiger partial charge in [-0.2, -0.15) is 0 Å². The summed E-state index contributed by atoms with van der Waals surface area (Å²) in [6.07, 6.45) is 0. The number of pyridine rings is 1. The molecule has 0 bridgehead atoms. The Kier molecular flexibility index (Phi) is 3.20. The van der Waals surface area contributed by atoms with E-state index < -0.39 is 0 Å². The Bertz CT molecular complexity index is 876. The summed E-state index contributed by atoms with van der Waals surface area (Å²) in [7, 11) is 0. The molecule has 0 saturated carbocycles. The fourth-order valence-electron chi connectivity index (χ4n) is 2.89. The lowest BCUT2D eigenvalue weighted by Gasteiger charge is -2.10. The van der Waals surface area contributed by atoms with E-state index in [9.17, 15) is 0 Å². The molecule has 0 aliphatic carbocycles. The third-order valence-corrected chi connectivity index (χ3v) is 3.97. The molecule has 0 radical (unpaired) electrons. The Morgan fingerprint density at radius 1 is 0.636 bits per heavy atom. The largest absolute Gasteiger partial charge is 0.380 e. The van der Waals surface area contributed by atoms with E-state index in [4.69, 9.17) is 0 Å². The van der Waals surface area contributed by atoms with Crippen LogP contribution in [-0.2, 0) is 6.54 Å². The SMILES string of the molecule is c1ccc(CNc2c3ccccc3[nH+]c3ccccc23)cc1. The summed E-state index contributed by atoms with van der Waals surface area (Å²) in [4.78, 5) is 3.51. The highest BCUT2D eigenvalue weighted by atomic mass is 14.9. The molecule has 0 atom stereocenters. The zero-order valence-corrected chi connectivity index (χ0v) is 12.2. The maximum atomic E-state index is 3.63. The molecule has 2 heteroatoms. The first kappa shape index (κ1) is 12.8. The smallest absolute Gasteiger partial charge is 0.213 e. The minimum absolute atomic E-state index is 0.818. The predicted molar refractivity (Wildman–Crippen MR) is 91.8 cm³/mol. The lowest BCUT2D eigenvalue weighted by Crippen LogP contribution is -2.09. The third kappa shape index (κ3) is 2.29. The molecular formula is C20H17N2+. The Morgan fingerprint density at radius 2 is 1.18 bits per heavy atom. The van der Waals surface area contributed by atoms with Gasteiger partial charge in [-0.15, -0.1) is 0 Å². The minimum atomic E-state index is 0.818. The van der Waals surface area contributed by atoms with Gasteiger partial charge in [0.15, 0.2) is 0 Å². The number of para-hydroxylation sites is 2. The van der Waals surface area contributed by atoms with Crippen molar-refractivity contribution < 1.29 is 4.98 Å². The van der Waals surface area contributed by atoms with Crippen LogP contribution >= 0.6 is 0 Å². The van der Waals surface area contributed by atoms with Crippen molar-refractivity contribution in [1.82, 2.24) is 0 Å². The van der Waals surface area contributed by atoms with Gasteiger partial charge >= 0.3 is 0 Å². The average molecular weight is 285 g/mol. The molecule has 0 saturated heterocycles. The van der Waals surface area contributed by atoms with Crippen molar-refractivity contribution in [1.29, 1.82) is 0 Å². The molecule has 1 aromatic heterocycles. The summed E-state index contributed by atoms with van der Waals surface area (Å²) in [5.41, 5.74) is 4.77. The summed E-state index contributed by atoms with van der Waals surface area (Å²) in [5.74, 6) is 0. The van der Waals surface area contributed by atoms with E-state index in [-0.39, 0.29) is 0 Å². The van der Waals surface area contributed by atoms with Gasteiger partial charge in [0, 0.05) is 18.7 Å². The van der Waals surface area contributed by atoms with Crippen LogP contribution in [0, 0.1) is 0 Å². The second-order valence-corrected chi connectivity index (χ2v) is 5.43. The second-order valence-electron chi connectivity index (χ2n) is 5.43. The van der Waals surface area contributed by atoms with Crippen molar-refractivity contribution in [2.45, 2.75) is 6.54 Å². The van der Waals surface area contributed by atoms with E-state index in [0.717, 1.165) is 17.6 Å². The third-order valence-electron chi connectivity index (χ3n) is 3.97. The number of nitrogens with one attached hydrogen (secondary N) is 2. The number of anilines is 1. The van der Waals surface area contributed by atoms with Gasteiger partial charge in [-0.25, -0.2) is 4.98 Å². The Morgan fingerprint density at radius 3 is 1.82 bits per heavy atom. The van der Waals surface area contributed by atoms with Crippen LogP contribution in [0.3, 0.4) is 0 Å². The van der Waals surface area contributed by atoms with Gasteiger partial charge in [0.05, 0.1) is 16.5 Å². The molecule has 1 heterocycles. The molecule has 22 heavy (non-hydrogen) atoms. The second kappa shape index (κ2) is 5.49. The Hall–Kier alpha value is -2.87. The van der Waals surface area contributed by atoms with Gasteiger partial charge in [0.1, 0.15) is 0 Å². The highest BCUT2D eigenvalue weighted by Gasteiger charge is 2.12. The van der Waals surface area contributed by atoms with E-state index in [0.29, 0.717) is 0 Å². The maximum Gasteiger partial charge on any atom is 0.213 e. The van der Waals surface area contributed by atoms with Crippen LogP contribution in [0.5, 0.6) is 0 Å². The van der Waals surface area contributed by atoms with Crippen molar-refractivity contribution in [3.05, 3.63) is 84.4 Å². The summed E-state index contributed by atoms with van der Waals surface area (Å²) in [5, 5.41) is 6.07. The molecule has 0 aliphatic heterocycles. The number of aromatic nitrogens is 1. The maximum absolute atomic E-state index is 3.63. The normalized spacial score (nSPS) is 10.9. The number of H-pyrrole nitrogens is 1. The fraction of sp³-hybridized carbons (Fsp3) is 0.0500. The fourth-order valence-corrected chi connectivity index (χ4v) is 2.89. The zero-order valence-electron chi connectivity index (χ0n) is 12.2. The zero-order chi connectivity index (χ0) is 14.8. The van der Waals surface area contributed by atoms with E-state index in [2.05, 4.69) is 83.1 Å². The van der Waals surface area contributed by atoms with Crippen LogP contribution in [0.15, 0.2) is 78.9 Å². The molecule has 0 spiro atoms. The molecular weight excluding hydrogens is 268 g/mol. The van der Waals surface area contributed by atoms with Gasteiger partial charge in [0.2, 0.25) is 11.0 Å². The standard InChI is InChI=1S/C20H16N2/c1-2-8-15(9-3-1)14-21-20-16-10-4-6-12-18(16)22-19-13-7-5-11-17(19)20/h1-13H,14H2,(H,21,22)/p+1. The molecule has 4 rings (SSSR count). The number of rotatable bonds is 3. The van der Waals surface area contributed by atoms with Gasteiger partial charge < -0.3 is 5.32 Å². The molecule has 0 fully saturated rings. The summed E-state index contributed by atoms with van der Waals surface area (Å²) >= 11 is 0. The van der Waals surface area contributed by atoms with Crippen LogP contribution in [0.1, 0.15) is 5.56 Å². The molecule has 3 aromatic carbocycles. The highest BCUT2D eigenvalue weighted by molar-refractivity contribution is 6.04. The van der Waals surface area contributed by atoms with Crippen molar-refractivity contribution in [2.24, 2.45) is 0 Å². The van der Waals surface area contributed by atoms with Crippen LogP contribution < -0.4 is 10.3 Å². The predicted octanol–water partition coefficient (Wildman–Crippen LogP) is 4.42. The Labute approximate surface area is 129 Å². The lowest BCUT2D eigenvalue weighted by molar-refractivity contribution is -0.310. The number of aromatic amines is 1. The molecule has 4 aromatic rings. The highest BCUT2D eigenvalue weighted by Crippen LogP contribution is 2.28. The monoisotopic (exact) mass is 285 g/mol. The van der Waals surface area contributed by atoms with Crippen LogP contribution in [0.4, 0.5) is 5.69 Å². The molecule has 106 valence electrons. The number of hydrogen-bond acceptors (Lipinski definition) is 1. The van der Waals surface area contributed by atoms with Crippen LogP contribution in [0.25, 0.3) is 21.8 Å². The lowest BCUT2D eigenvalue weighted by atomic mass is 10.1. The van der Waals surface area contributed by atoms with Gasteiger partial charge in [0.25, 0.3) is 0 Å². The van der Waals surface area contributed by atoms with Crippen molar-refractivity contribution in [3.63, 3.8) is 0 Å². The summed E-state index contributed by atoms with van der Waals surface area (Å²) < 4.78 is 0. The van der Waals surface area contributed by atoms with Crippen LogP contribution in [-0.4, -0.2) is 0 Å². The van der Waals surface area contributed by atoms with E-state index in [1.807, 2.05) is 6.07 Å². The topological polar surface area (TPSA) is 26.2 Å². The quantitative estimate of drug-likeness (QED) is 0.554. The number of fused-ring (bicyclic) bond motifs is 2. The van der Waals surface area contributed by atoms with Gasteiger partial charge in [-0.1, -0.05) is 54.6 Å². The van der Waals surface area contributed by atoms with E-state index in [1.54, 1.807) is 0 Å².